The van der Waals surface area contributed by atoms with E-state index in [4.69, 9.17) is 9.84 Å². The number of nitrogens with zero attached hydrogens (tertiary/aromatic N) is 5. The molecule has 11 heteroatoms. The van der Waals surface area contributed by atoms with E-state index in [-0.39, 0.29) is 35.5 Å². The summed E-state index contributed by atoms with van der Waals surface area (Å²) in [6, 6.07) is 8.59. The van der Waals surface area contributed by atoms with E-state index in [2.05, 4.69) is 20.1 Å². The Kier molecular flexibility index (Phi) is 6.10. The van der Waals surface area contributed by atoms with Gasteiger partial charge in [-0.15, -0.1) is 0 Å². The summed E-state index contributed by atoms with van der Waals surface area (Å²) in [6.45, 7) is 2.79. The molecule has 194 valence electrons. The van der Waals surface area contributed by atoms with Crippen molar-refractivity contribution >= 4 is 26.6 Å². The van der Waals surface area contributed by atoms with Gasteiger partial charge in [0.25, 0.3) is 0 Å². The number of anilines is 1. The third-order valence-electron chi connectivity index (χ3n) is 7.21. The minimum Gasteiger partial charge on any atom is -0.487 e. The Morgan fingerprint density at radius 2 is 1.89 bits per heavy atom. The molecule has 9 nitrogen and oxygen atoms in total. The number of fused-ring (bicyclic) bond motifs is 1. The van der Waals surface area contributed by atoms with Gasteiger partial charge in [-0.2, -0.15) is 10.2 Å². The molecule has 1 aliphatic carbocycles. The molecule has 0 unspecified atom stereocenters. The first-order chi connectivity index (χ1) is 17.9. The summed E-state index contributed by atoms with van der Waals surface area (Å²) in [5.74, 6) is 0.991. The zero-order valence-corrected chi connectivity index (χ0v) is 21.4. The fourth-order valence-corrected chi connectivity index (χ4v) is 6.66. The van der Waals surface area contributed by atoms with Crippen LogP contribution in [0.4, 0.5) is 10.2 Å². The molecule has 0 amide bonds. The Balaban J connectivity index is 1.27. The first kappa shape index (κ1) is 23.9. The van der Waals surface area contributed by atoms with Gasteiger partial charge in [0.05, 0.1) is 41.4 Å². The summed E-state index contributed by atoms with van der Waals surface area (Å²) < 4.78 is 47.1. The van der Waals surface area contributed by atoms with Gasteiger partial charge in [0.15, 0.2) is 21.4 Å². The van der Waals surface area contributed by atoms with Crippen LogP contribution in [0.3, 0.4) is 0 Å². The lowest BCUT2D eigenvalue weighted by atomic mass is 9.93. The van der Waals surface area contributed by atoms with Crippen molar-refractivity contribution in [3.05, 3.63) is 54.7 Å². The van der Waals surface area contributed by atoms with Gasteiger partial charge in [0.2, 0.25) is 0 Å². The Hall–Kier alpha value is -3.47. The number of halogens is 1. The summed E-state index contributed by atoms with van der Waals surface area (Å²) in [6.07, 6.45) is 8.73. The Morgan fingerprint density at radius 3 is 2.62 bits per heavy atom. The van der Waals surface area contributed by atoms with Crippen LogP contribution in [-0.4, -0.2) is 57.1 Å². The molecule has 2 fully saturated rings. The molecule has 4 heterocycles. The van der Waals surface area contributed by atoms with Gasteiger partial charge in [0.1, 0.15) is 11.5 Å². The van der Waals surface area contributed by atoms with Crippen molar-refractivity contribution in [2.75, 3.05) is 23.4 Å². The first-order valence-corrected chi connectivity index (χ1v) is 14.5. The number of hydrogen-bond acceptors (Lipinski definition) is 7. The number of hydrogen-bond donors (Lipinski definition) is 1. The molecule has 37 heavy (non-hydrogen) atoms. The lowest BCUT2D eigenvalue weighted by Gasteiger charge is -2.29. The fraction of sp³-hybridized carbons (Fsp3) is 0.423. The number of para-hydroxylation sites is 1. The molecule has 0 atom stereocenters. The molecular formula is C26H29FN6O3S. The van der Waals surface area contributed by atoms with E-state index in [1.165, 1.54) is 6.07 Å². The molecule has 4 aromatic rings. The SMILES string of the molecule is CCNc1cc2c(cn1)c(-c1cnn(C3CS(=O)(=O)C3)c1)nn2C1CCC(Oc2ccccc2F)CC1. The van der Waals surface area contributed by atoms with Crippen molar-refractivity contribution in [3.8, 4) is 17.0 Å². The van der Waals surface area contributed by atoms with Crippen LogP contribution in [-0.2, 0) is 9.84 Å². The predicted molar refractivity (Wildman–Crippen MR) is 139 cm³/mol. The molecule has 1 saturated carbocycles. The highest BCUT2D eigenvalue weighted by Crippen LogP contribution is 2.37. The molecule has 3 aromatic heterocycles. The average Bonchev–Trinajstić information content (AvgIpc) is 3.50. The van der Waals surface area contributed by atoms with Gasteiger partial charge in [-0.25, -0.2) is 17.8 Å². The van der Waals surface area contributed by atoms with E-state index in [0.717, 1.165) is 60.2 Å². The molecular weight excluding hydrogens is 495 g/mol. The summed E-state index contributed by atoms with van der Waals surface area (Å²) >= 11 is 0. The van der Waals surface area contributed by atoms with Crippen LogP contribution < -0.4 is 10.1 Å². The molecule has 1 aromatic carbocycles. The minimum atomic E-state index is -2.95. The minimum absolute atomic E-state index is 0.0366. The summed E-state index contributed by atoms with van der Waals surface area (Å²) in [5, 5.41) is 13.7. The van der Waals surface area contributed by atoms with E-state index in [9.17, 15) is 12.8 Å². The summed E-state index contributed by atoms with van der Waals surface area (Å²) in [7, 11) is -2.95. The van der Waals surface area contributed by atoms with E-state index < -0.39 is 9.84 Å². The van der Waals surface area contributed by atoms with Gasteiger partial charge in [-0.3, -0.25) is 9.36 Å². The van der Waals surface area contributed by atoms with Crippen molar-refractivity contribution in [1.29, 1.82) is 0 Å². The number of rotatable bonds is 7. The maximum Gasteiger partial charge on any atom is 0.165 e. The average molecular weight is 525 g/mol. The predicted octanol–water partition coefficient (Wildman–Crippen LogP) is 4.40. The zero-order valence-electron chi connectivity index (χ0n) is 20.5. The van der Waals surface area contributed by atoms with Crippen molar-refractivity contribution in [2.24, 2.45) is 0 Å². The maximum atomic E-state index is 14.1. The van der Waals surface area contributed by atoms with Crippen LogP contribution in [0.1, 0.15) is 44.7 Å². The number of ether oxygens (including phenoxy) is 1. The van der Waals surface area contributed by atoms with Gasteiger partial charge in [0, 0.05) is 36.0 Å². The third kappa shape index (κ3) is 4.68. The molecule has 6 rings (SSSR count). The highest BCUT2D eigenvalue weighted by atomic mass is 32.2. The largest absolute Gasteiger partial charge is 0.487 e. The standard InChI is InChI=1S/C26H29FN6O3S/c1-2-28-25-11-23-21(13-29-25)26(17-12-30-32(14-17)19-15-37(34,35)16-19)31-33(23)18-7-9-20(10-8-18)36-24-6-4-3-5-22(24)27/h3-6,11-14,18-20H,2,7-10,15-16H2,1H3,(H,28,29). The van der Waals surface area contributed by atoms with Gasteiger partial charge in [-0.05, 0) is 44.7 Å². The number of benzene rings is 1. The topological polar surface area (TPSA) is 104 Å². The van der Waals surface area contributed by atoms with Crippen molar-refractivity contribution in [3.63, 3.8) is 0 Å². The lowest BCUT2D eigenvalue weighted by molar-refractivity contribution is 0.126. The van der Waals surface area contributed by atoms with Crippen molar-refractivity contribution in [2.45, 2.75) is 50.8 Å². The van der Waals surface area contributed by atoms with E-state index in [0.29, 0.717) is 5.75 Å². The Bertz CT molecular complexity index is 1530. The molecule has 0 radical (unpaired) electrons. The molecule has 1 saturated heterocycles. The first-order valence-electron chi connectivity index (χ1n) is 12.7. The van der Waals surface area contributed by atoms with Crippen LogP contribution >= 0.6 is 0 Å². The normalized spacial score (nSPS) is 21.6. The smallest absolute Gasteiger partial charge is 0.165 e. The number of pyridine rings is 1. The van der Waals surface area contributed by atoms with Crippen molar-refractivity contribution in [1.82, 2.24) is 24.5 Å². The number of aromatic nitrogens is 5. The second-order valence-electron chi connectivity index (χ2n) is 9.83. The van der Waals surface area contributed by atoms with E-state index in [1.807, 2.05) is 25.4 Å². The monoisotopic (exact) mass is 524 g/mol. The fourth-order valence-electron chi connectivity index (χ4n) is 5.28. The Morgan fingerprint density at radius 1 is 1.11 bits per heavy atom. The number of sulfone groups is 1. The van der Waals surface area contributed by atoms with Crippen LogP contribution in [0.2, 0.25) is 0 Å². The third-order valence-corrected chi connectivity index (χ3v) is 9.00. The summed E-state index contributed by atoms with van der Waals surface area (Å²) in [5.41, 5.74) is 2.60. The van der Waals surface area contributed by atoms with Gasteiger partial charge >= 0.3 is 0 Å². The Labute approximate surface area is 214 Å². The molecule has 1 N–H and O–H groups in total. The van der Waals surface area contributed by atoms with Crippen LogP contribution in [0, 0.1) is 5.82 Å². The number of nitrogens with one attached hydrogen (secondary N) is 1. The maximum absolute atomic E-state index is 14.1. The van der Waals surface area contributed by atoms with Crippen LogP contribution in [0.15, 0.2) is 48.9 Å². The molecule has 1 aliphatic heterocycles. The van der Waals surface area contributed by atoms with Gasteiger partial charge in [-0.1, -0.05) is 12.1 Å². The summed E-state index contributed by atoms with van der Waals surface area (Å²) in [4.78, 5) is 4.57. The highest BCUT2D eigenvalue weighted by Gasteiger charge is 2.35. The molecule has 2 aliphatic rings. The van der Waals surface area contributed by atoms with Gasteiger partial charge < -0.3 is 10.1 Å². The zero-order chi connectivity index (χ0) is 25.6. The second kappa shape index (κ2) is 9.44. The van der Waals surface area contributed by atoms with Crippen molar-refractivity contribution < 1.29 is 17.5 Å². The van der Waals surface area contributed by atoms with E-state index >= 15 is 0 Å². The van der Waals surface area contributed by atoms with Crippen LogP contribution in [0.25, 0.3) is 22.2 Å². The highest BCUT2D eigenvalue weighted by molar-refractivity contribution is 7.92. The van der Waals surface area contributed by atoms with Crippen LogP contribution in [0.5, 0.6) is 5.75 Å². The lowest BCUT2D eigenvalue weighted by Crippen LogP contribution is -2.38. The second-order valence-corrected chi connectivity index (χ2v) is 12.0. The molecule has 0 bridgehead atoms. The van der Waals surface area contributed by atoms with E-state index in [1.54, 1.807) is 29.1 Å². The molecule has 0 spiro atoms. The quantitative estimate of drug-likeness (QED) is 0.382.